The van der Waals surface area contributed by atoms with E-state index in [1.165, 1.54) is 11.3 Å². The highest BCUT2D eigenvalue weighted by Gasteiger charge is 2.34. The molecular formula is C35H32BrIN2O8S. The SMILES string of the molecule is CCOC(=O)C1=C(C)N=c2s/c(=C\c3cc(Br)c(OCc4ccc5c(c4)OCO5)c(I)c3)c(=O)n2[C@@H]1c1ccc(OC(C)C)c(OC)c1. The number of benzene rings is 3. The standard InChI is InChI=1S/C35H32BrIN2O8S/c1-6-43-34(41)30-19(4)38-35-39(31(30)22-8-10-26(47-18(2)3)27(15-22)42-5)33(40)29(48-35)14-21-11-23(36)32(24(37)12-21)44-16-20-7-9-25-28(13-20)46-17-45-25/h7-15,18,31H,6,16-17H2,1-5H3/b29-14-/t31-/m1/s1. The van der Waals surface area contributed by atoms with Crippen LogP contribution in [0.1, 0.15) is 50.4 Å². The molecule has 4 aromatic rings. The van der Waals surface area contributed by atoms with Gasteiger partial charge in [0.15, 0.2) is 27.8 Å². The Morgan fingerprint density at radius 3 is 2.67 bits per heavy atom. The van der Waals surface area contributed by atoms with E-state index in [2.05, 4.69) is 43.5 Å². The molecule has 48 heavy (non-hydrogen) atoms. The number of rotatable bonds is 10. The van der Waals surface area contributed by atoms with Crippen molar-refractivity contribution in [2.75, 3.05) is 20.5 Å². The Morgan fingerprint density at radius 2 is 1.94 bits per heavy atom. The molecule has 13 heteroatoms. The van der Waals surface area contributed by atoms with Gasteiger partial charge in [0.2, 0.25) is 6.79 Å². The summed E-state index contributed by atoms with van der Waals surface area (Å²) < 4.78 is 37.7. The van der Waals surface area contributed by atoms with E-state index in [1.807, 2.05) is 56.3 Å². The van der Waals surface area contributed by atoms with Gasteiger partial charge in [-0.15, -0.1) is 0 Å². The minimum Gasteiger partial charge on any atom is -0.493 e. The van der Waals surface area contributed by atoms with Crippen molar-refractivity contribution in [3.63, 3.8) is 0 Å². The lowest BCUT2D eigenvalue weighted by molar-refractivity contribution is -0.139. The van der Waals surface area contributed by atoms with E-state index in [-0.39, 0.29) is 30.6 Å². The zero-order chi connectivity index (χ0) is 34.1. The molecule has 3 heterocycles. The molecule has 0 saturated heterocycles. The smallest absolute Gasteiger partial charge is 0.338 e. The van der Waals surface area contributed by atoms with Gasteiger partial charge in [-0.25, -0.2) is 9.79 Å². The minimum atomic E-state index is -0.789. The van der Waals surface area contributed by atoms with Crippen LogP contribution in [0.15, 0.2) is 74.1 Å². The zero-order valence-electron chi connectivity index (χ0n) is 26.8. The Kier molecular flexibility index (Phi) is 10.2. The number of carbonyl (C=O) groups excluding carboxylic acids is 1. The lowest BCUT2D eigenvalue weighted by atomic mass is 9.95. The van der Waals surface area contributed by atoms with Crippen LogP contribution in [0.5, 0.6) is 28.7 Å². The van der Waals surface area contributed by atoms with Crippen LogP contribution in [-0.4, -0.2) is 37.1 Å². The van der Waals surface area contributed by atoms with Gasteiger partial charge in [-0.1, -0.05) is 23.5 Å². The van der Waals surface area contributed by atoms with Crippen molar-refractivity contribution in [1.82, 2.24) is 4.57 Å². The third kappa shape index (κ3) is 6.85. The Bertz CT molecular complexity index is 2100. The number of carbonyl (C=O) groups is 1. The van der Waals surface area contributed by atoms with E-state index in [0.29, 0.717) is 50.2 Å². The van der Waals surface area contributed by atoms with E-state index >= 15 is 0 Å². The highest BCUT2D eigenvalue weighted by Crippen LogP contribution is 2.38. The summed E-state index contributed by atoms with van der Waals surface area (Å²) in [5.41, 5.74) is 2.88. The third-order valence-corrected chi connectivity index (χ3v) is 9.89. The summed E-state index contributed by atoms with van der Waals surface area (Å²) in [5.74, 6) is 2.61. The largest absolute Gasteiger partial charge is 0.493 e. The zero-order valence-corrected chi connectivity index (χ0v) is 31.4. The maximum absolute atomic E-state index is 14.2. The number of nitrogens with zero attached hydrogens (tertiary/aromatic N) is 2. The molecule has 1 atom stereocenters. The number of ether oxygens (including phenoxy) is 6. The average Bonchev–Trinajstić information content (AvgIpc) is 3.63. The number of esters is 1. The van der Waals surface area contributed by atoms with E-state index in [4.69, 9.17) is 28.4 Å². The normalized spacial score (nSPS) is 15.3. The van der Waals surface area contributed by atoms with Crippen LogP contribution in [0.2, 0.25) is 0 Å². The predicted octanol–water partition coefficient (Wildman–Crippen LogP) is 6.27. The number of fused-ring (bicyclic) bond motifs is 2. The maximum Gasteiger partial charge on any atom is 0.338 e. The van der Waals surface area contributed by atoms with Gasteiger partial charge >= 0.3 is 5.97 Å². The van der Waals surface area contributed by atoms with Gasteiger partial charge in [-0.05, 0) is 125 Å². The van der Waals surface area contributed by atoms with Crippen LogP contribution in [0, 0.1) is 3.57 Å². The Labute approximate surface area is 302 Å². The molecule has 0 saturated carbocycles. The molecule has 2 aliphatic rings. The van der Waals surface area contributed by atoms with Crippen LogP contribution in [0.4, 0.5) is 0 Å². The van der Waals surface area contributed by atoms with Crippen molar-refractivity contribution < 1.29 is 33.2 Å². The van der Waals surface area contributed by atoms with Crippen LogP contribution >= 0.6 is 49.9 Å². The molecule has 0 unspecified atom stereocenters. The molecular weight excluding hydrogens is 815 g/mol. The first kappa shape index (κ1) is 34.1. The molecule has 1 aromatic heterocycles. The molecule has 10 nitrogen and oxygen atoms in total. The van der Waals surface area contributed by atoms with Crippen LogP contribution in [0.3, 0.4) is 0 Å². The van der Waals surface area contributed by atoms with Gasteiger partial charge in [0.1, 0.15) is 12.4 Å². The highest BCUT2D eigenvalue weighted by molar-refractivity contribution is 14.1. The van der Waals surface area contributed by atoms with E-state index < -0.39 is 12.0 Å². The fourth-order valence-electron chi connectivity index (χ4n) is 5.45. The highest BCUT2D eigenvalue weighted by atomic mass is 127. The lowest BCUT2D eigenvalue weighted by Crippen LogP contribution is -2.40. The second kappa shape index (κ2) is 14.3. The number of halogens is 2. The first-order chi connectivity index (χ1) is 23.1. The molecule has 0 amide bonds. The first-order valence-electron chi connectivity index (χ1n) is 15.1. The summed E-state index contributed by atoms with van der Waals surface area (Å²) in [4.78, 5) is 32.7. The fourth-order valence-corrected chi connectivity index (χ4v) is 8.27. The number of hydrogen-bond acceptors (Lipinski definition) is 10. The number of allylic oxidation sites excluding steroid dienone is 1. The van der Waals surface area contributed by atoms with Crippen molar-refractivity contribution in [1.29, 1.82) is 0 Å². The van der Waals surface area contributed by atoms with E-state index in [9.17, 15) is 9.59 Å². The second-order valence-electron chi connectivity index (χ2n) is 11.2. The van der Waals surface area contributed by atoms with Gasteiger partial charge in [0.05, 0.1) is 49.7 Å². The molecule has 0 bridgehead atoms. The van der Waals surface area contributed by atoms with Gasteiger partial charge in [-0.3, -0.25) is 9.36 Å². The Hall–Kier alpha value is -3.82. The average molecular weight is 848 g/mol. The molecule has 0 fully saturated rings. The van der Waals surface area contributed by atoms with Crippen LogP contribution in [0.25, 0.3) is 6.08 Å². The summed E-state index contributed by atoms with van der Waals surface area (Å²) in [6, 6.07) is 14.2. The lowest BCUT2D eigenvalue weighted by Gasteiger charge is -2.25. The van der Waals surface area contributed by atoms with Crippen molar-refractivity contribution >= 4 is 61.9 Å². The van der Waals surface area contributed by atoms with E-state index in [1.54, 1.807) is 37.7 Å². The van der Waals surface area contributed by atoms with Crippen LogP contribution in [-0.2, 0) is 16.1 Å². The number of hydrogen-bond donors (Lipinski definition) is 0. The topological polar surface area (TPSA) is 107 Å². The first-order valence-corrected chi connectivity index (χ1v) is 17.8. The van der Waals surface area contributed by atoms with Crippen molar-refractivity contribution in [3.8, 4) is 28.7 Å². The third-order valence-electron chi connectivity index (χ3n) is 7.52. The molecule has 3 aromatic carbocycles. The van der Waals surface area contributed by atoms with Gasteiger partial charge < -0.3 is 28.4 Å². The van der Waals surface area contributed by atoms with Gasteiger partial charge in [0.25, 0.3) is 5.56 Å². The molecule has 0 spiro atoms. The minimum absolute atomic E-state index is 0.0709. The monoisotopic (exact) mass is 846 g/mol. The summed E-state index contributed by atoms with van der Waals surface area (Å²) in [7, 11) is 1.55. The summed E-state index contributed by atoms with van der Waals surface area (Å²) >= 11 is 7.13. The van der Waals surface area contributed by atoms with E-state index in [0.717, 1.165) is 24.9 Å². The van der Waals surface area contributed by atoms with Gasteiger partial charge in [-0.2, -0.15) is 0 Å². The molecule has 250 valence electrons. The summed E-state index contributed by atoms with van der Waals surface area (Å²) in [6.45, 7) is 8.08. The quantitative estimate of drug-likeness (QED) is 0.136. The molecule has 0 aliphatic carbocycles. The second-order valence-corrected chi connectivity index (χ2v) is 14.2. The summed E-state index contributed by atoms with van der Waals surface area (Å²) in [5, 5.41) is 0. The number of methoxy groups -OCH3 is 1. The molecule has 6 rings (SSSR count). The summed E-state index contributed by atoms with van der Waals surface area (Å²) in [6.07, 6.45) is 1.75. The Morgan fingerprint density at radius 1 is 1.15 bits per heavy atom. The maximum atomic E-state index is 14.2. The molecule has 0 radical (unpaired) electrons. The Balaban J connectivity index is 1.37. The van der Waals surface area contributed by atoms with Crippen molar-refractivity contribution in [3.05, 3.63) is 104 Å². The van der Waals surface area contributed by atoms with Crippen molar-refractivity contribution in [2.45, 2.75) is 46.4 Å². The predicted molar refractivity (Wildman–Crippen MR) is 193 cm³/mol. The van der Waals surface area contributed by atoms with Gasteiger partial charge in [0, 0.05) is 0 Å². The van der Waals surface area contributed by atoms with Crippen molar-refractivity contribution in [2.24, 2.45) is 4.99 Å². The molecule has 0 N–H and O–H groups in total. The number of thiazole rings is 1. The fraction of sp³-hybridized carbons (Fsp3) is 0.286. The molecule has 2 aliphatic heterocycles. The van der Waals surface area contributed by atoms with Crippen LogP contribution < -0.4 is 38.6 Å². The number of aromatic nitrogens is 1.